The zero-order chi connectivity index (χ0) is 17.2. The SMILES string of the molecule is CCc1ccc([N+](=O)[O-])cc1S(=O)(=O)Oc1cc(C)ccc1Cl. The van der Waals surface area contributed by atoms with E-state index in [0.29, 0.717) is 12.0 Å². The summed E-state index contributed by atoms with van der Waals surface area (Å²) in [5.74, 6) is -0.0137. The summed E-state index contributed by atoms with van der Waals surface area (Å²) in [4.78, 5) is 10.0. The molecule has 0 aliphatic rings. The standard InChI is InChI=1S/C15H14ClNO5S/c1-3-11-5-6-12(17(18)19)9-15(11)23(20,21)22-14-8-10(2)4-7-13(14)16/h4-9H,3H2,1-2H3. The average molecular weight is 356 g/mol. The van der Waals surface area contributed by atoms with Crippen molar-refractivity contribution in [2.45, 2.75) is 25.2 Å². The Morgan fingerprint density at radius 1 is 1.22 bits per heavy atom. The predicted octanol–water partition coefficient (Wildman–Crippen LogP) is 3.89. The lowest BCUT2D eigenvalue weighted by molar-refractivity contribution is -0.385. The van der Waals surface area contributed by atoms with E-state index >= 15 is 0 Å². The molecule has 2 rings (SSSR count). The molecule has 0 radical (unpaired) electrons. The topological polar surface area (TPSA) is 86.5 Å². The lowest BCUT2D eigenvalue weighted by atomic mass is 10.1. The smallest absolute Gasteiger partial charge is 0.339 e. The first-order valence-corrected chi connectivity index (χ1v) is 8.51. The van der Waals surface area contributed by atoms with Gasteiger partial charge in [-0.25, -0.2) is 0 Å². The van der Waals surface area contributed by atoms with Gasteiger partial charge < -0.3 is 4.18 Å². The number of benzene rings is 2. The van der Waals surface area contributed by atoms with Crippen molar-refractivity contribution in [1.82, 2.24) is 0 Å². The van der Waals surface area contributed by atoms with Crippen molar-refractivity contribution < 1.29 is 17.5 Å². The Morgan fingerprint density at radius 3 is 2.52 bits per heavy atom. The molecule has 8 heteroatoms. The second-order valence-corrected chi connectivity index (χ2v) is 6.80. The number of nitrogens with zero attached hydrogens (tertiary/aromatic N) is 1. The first kappa shape index (κ1) is 17.2. The molecule has 2 aromatic rings. The van der Waals surface area contributed by atoms with E-state index in [0.717, 1.165) is 11.6 Å². The summed E-state index contributed by atoms with van der Waals surface area (Å²) >= 11 is 5.95. The normalized spacial score (nSPS) is 11.3. The molecule has 0 heterocycles. The summed E-state index contributed by atoms with van der Waals surface area (Å²) in [6.45, 7) is 3.51. The number of aryl methyl sites for hydroxylation is 2. The number of rotatable bonds is 5. The quantitative estimate of drug-likeness (QED) is 0.461. The van der Waals surface area contributed by atoms with Crippen LogP contribution in [0.1, 0.15) is 18.1 Å². The van der Waals surface area contributed by atoms with Crippen LogP contribution in [0.5, 0.6) is 5.75 Å². The number of non-ortho nitro benzene ring substituents is 1. The van der Waals surface area contributed by atoms with E-state index in [1.54, 1.807) is 19.9 Å². The Labute approximate surface area is 138 Å². The van der Waals surface area contributed by atoms with Crippen LogP contribution in [0.15, 0.2) is 41.3 Å². The molecule has 6 nitrogen and oxygen atoms in total. The number of hydrogen-bond acceptors (Lipinski definition) is 5. The van der Waals surface area contributed by atoms with Gasteiger partial charge in [-0.2, -0.15) is 8.42 Å². The van der Waals surface area contributed by atoms with Crippen molar-refractivity contribution in [2.75, 3.05) is 0 Å². The highest BCUT2D eigenvalue weighted by atomic mass is 35.5. The van der Waals surface area contributed by atoms with Gasteiger partial charge in [-0.05, 0) is 36.6 Å². The summed E-state index contributed by atoms with van der Waals surface area (Å²) in [5, 5.41) is 11.0. The van der Waals surface area contributed by atoms with E-state index < -0.39 is 15.0 Å². The van der Waals surface area contributed by atoms with Crippen molar-refractivity contribution in [3.63, 3.8) is 0 Å². The Balaban J connectivity index is 2.52. The highest BCUT2D eigenvalue weighted by Crippen LogP contribution is 2.30. The molecule has 0 N–H and O–H groups in total. The van der Waals surface area contributed by atoms with E-state index in [1.807, 2.05) is 0 Å². The second kappa shape index (κ2) is 6.55. The van der Waals surface area contributed by atoms with E-state index in [2.05, 4.69) is 0 Å². The van der Waals surface area contributed by atoms with Gasteiger partial charge in [0.05, 0.1) is 9.95 Å². The van der Waals surface area contributed by atoms with Crippen molar-refractivity contribution >= 4 is 27.4 Å². The maximum Gasteiger partial charge on any atom is 0.339 e. The largest absolute Gasteiger partial charge is 0.377 e. The van der Waals surface area contributed by atoms with Crippen LogP contribution >= 0.6 is 11.6 Å². The molecule has 0 aromatic heterocycles. The van der Waals surface area contributed by atoms with E-state index in [9.17, 15) is 18.5 Å². The third-order valence-electron chi connectivity index (χ3n) is 3.20. The van der Waals surface area contributed by atoms with Crippen molar-refractivity contribution in [1.29, 1.82) is 0 Å². The average Bonchev–Trinajstić information content (AvgIpc) is 2.50. The number of nitro benzene ring substituents is 1. The van der Waals surface area contributed by atoms with Crippen LogP contribution in [0.3, 0.4) is 0 Å². The minimum Gasteiger partial charge on any atom is -0.377 e. The van der Waals surface area contributed by atoms with Crippen molar-refractivity contribution in [2.24, 2.45) is 0 Å². The Hall–Kier alpha value is -2.12. The van der Waals surface area contributed by atoms with E-state index in [-0.39, 0.29) is 21.4 Å². The summed E-state index contributed by atoms with van der Waals surface area (Å²) < 4.78 is 30.1. The lowest BCUT2D eigenvalue weighted by Gasteiger charge is -2.12. The highest BCUT2D eigenvalue weighted by molar-refractivity contribution is 7.87. The summed E-state index contributed by atoms with van der Waals surface area (Å²) in [6.07, 6.45) is 0.386. The lowest BCUT2D eigenvalue weighted by Crippen LogP contribution is -2.13. The fourth-order valence-corrected chi connectivity index (χ4v) is 3.48. The van der Waals surface area contributed by atoms with Gasteiger partial charge in [-0.1, -0.05) is 30.7 Å². The number of nitro groups is 1. The highest BCUT2D eigenvalue weighted by Gasteiger charge is 2.24. The molecule has 0 aliphatic heterocycles. The van der Waals surface area contributed by atoms with Crippen molar-refractivity contribution in [3.05, 3.63) is 62.7 Å². The molecule has 0 saturated carbocycles. The summed E-state index contributed by atoms with van der Waals surface area (Å²) in [7, 11) is -4.24. The molecule has 0 saturated heterocycles. The summed E-state index contributed by atoms with van der Waals surface area (Å²) in [6, 6.07) is 8.40. The zero-order valence-corrected chi connectivity index (χ0v) is 14.0. The van der Waals surface area contributed by atoms with Gasteiger partial charge in [-0.3, -0.25) is 10.1 Å². The third kappa shape index (κ3) is 3.80. The van der Waals surface area contributed by atoms with Gasteiger partial charge in [0, 0.05) is 12.1 Å². The molecule has 23 heavy (non-hydrogen) atoms. The van der Waals surface area contributed by atoms with Gasteiger partial charge in [0.25, 0.3) is 5.69 Å². The maximum atomic E-state index is 12.5. The fraction of sp³-hybridized carbons (Fsp3) is 0.200. The molecule has 2 aromatic carbocycles. The monoisotopic (exact) mass is 355 g/mol. The first-order valence-electron chi connectivity index (χ1n) is 6.72. The molecule has 0 atom stereocenters. The number of halogens is 1. The molecule has 0 amide bonds. The van der Waals surface area contributed by atoms with Gasteiger partial charge in [0.1, 0.15) is 4.90 Å². The Morgan fingerprint density at radius 2 is 1.91 bits per heavy atom. The Kier molecular flexibility index (Phi) is 4.91. The van der Waals surface area contributed by atoms with Crippen molar-refractivity contribution in [3.8, 4) is 5.75 Å². The molecule has 0 bridgehead atoms. The van der Waals surface area contributed by atoms with Gasteiger partial charge in [0.15, 0.2) is 5.75 Å². The Bertz CT molecular complexity index is 864. The van der Waals surface area contributed by atoms with Crippen LogP contribution in [0.25, 0.3) is 0 Å². The second-order valence-electron chi connectivity index (χ2n) is 4.87. The maximum absolute atomic E-state index is 12.5. The summed E-state index contributed by atoms with van der Waals surface area (Å²) in [5.41, 5.74) is 0.883. The molecular formula is C15H14ClNO5S. The van der Waals surface area contributed by atoms with E-state index in [1.165, 1.54) is 24.3 Å². The molecule has 0 spiro atoms. The van der Waals surface area contributed by atoms with E-state index in [4.69, 9.17) is 15.8 Å². The van der Waals surface area contributed by atoms with Crippen LogP contribution in [0.2, 0.25) is 5.02 Å². The molecule has 0 fully saturated rings. The molecule has 122 valence electrons. The third-order valence-corrected chi connectivity index (χ3v) is 4.83. The first-order chi connectivity index (χ1) is 10.7. The van der Waals surface area contributed by atoms with Gasteiger partial charge in [0.2, 0.25) is 0 Å². The number of hydrogen-bond donors (Lipinski definition) is 0. The van der Waals surface area contributed by atoms with Crippen LogP contribution in [0, 0.1) is 17.0 Å². The molecule has 0 unspecified atom stereocenters. The minimum atomic E-state index is -4.24. The van der Waals surface area contributed by atoms with Crippen LogP contribution < -0.4 is 4.18 Å². The van der Waals surface area contributed by atoms with Gasteiger partial charge >= 0.3 is 10.1 Å². The van der Waals surface area contributed by atoms with Crippen LogP contribution in [-0.4, -0.2) is 13.3 Å². The van der Waals surface area contributed by atoms with Gasteiger partial charge in [-0.15, -0.1) is 0 Å². The predicted molar refractivity (Wildman–Crippen MR) is 86.5 cm³/mol. The van der Waals surface area contributed by atoms with Crippen LogP contribution in [-0.2, 0) is 16.5 Å². The molecular weight excluding hydrogens is 342 g/mol. The zero-order valence-electron chi connectivity index (χ0n) is 12.4. The van der Waals surface area contributed by atoms with Crippen LogP contribution in [0.4, 0.5) is 5.69 Å². The minimum absolute atomic E-state index is 0.0137. The fourth-order valence-electron chi connectivity index (χ4n) is 2.02. The molecule has 0 aliphatic carbocycles.